The van der Waals surface area contributed by atoms with Gasteiger partial charge in [-0.25, -0.2) is 0 Å². The number of benzene rings is 1. The summed E-state index contributed by atoms with van der Waals surface area (Å²) in [4.78, 5) is 28.3. The molecule has 0 saturated carbocycles. The molecule has 5 nitrogen and oxygen atoms in total. The molecule has 0 unspecified atom stereocenters. The average molecular weight is 370 g/mol. The summed E-state index contributed by atoms with van der Waals surface area (Å²) in [5.74, 6) is -0.192. The molecule has 3 rings (SSSR count). The van der Waals surface area contributed by atoms with E-state index in [2.05, 4.69) is 28.4 Å². The second-order valence-corrected chi connectivity index (χ2v) is 7.59. The molecular formula is C22H31N3O2. The van der Waals surface area contributed by atoms with E-state index in [1.165, 1.54) is 43.9 Å². The van der Waals surface area contributed by atoms with Crippen molar-refractivity contribution in [1.29, 1.82) is 0 Å². The van der Waals surface area contributed by atoms with Crippen LogP contribution in [0, 0.1) is 0 Å². The fourth-order valence-electron chi connectivity index (χ4n) is 3.86. The molecule has 1 heterocycles. The van der Waals surface area contributed by atoms with Crippen LogP contribution in [-0.4, -0.2) is 42.9 Å². The van der Waals surface area contributed by atoms with E-state index in [9.17, 15) is 9.59 Å². The molecule has 1 saturated heterocycles. The van der Waals surface area contributed by atoms with Gasteiger partial charge in [0.2, 0.25) is 11.8 Å². The van der Waals surface area contributed by atoms with E-state index in [1.54, 1.807) is 4.90 Å². The first-order chi connectivity index (χ1) is 13.1. The van der Waals surface area contributed by atoms with Crippen LogP contribution >= 0.6 is 0 Å². The van der Waals surface area contributed by atoms with Crippen LogP contribution in [0.4, 0.5) is 11.4 Å². The molecule has 1 aliphatic carbocycles. The van der Waals surface area contributed by atoms with Crippen LogP contribution in [0.15, 0.2) is 35.9 Å². The minimum absolute atomic E-state index is 0.0501. The monoisotopic (exact) mass is 369 g/mol. The van der Waals surface area contributed by atoms with Crippen LogP contribution in [-0.2, 0) is 9.59 Å². The second-order valence-electron chi connectivity index (χ2n) is 7.59. The zero-order valence-corrected chi connectivity index (χ0v) is 16.4. The lowest BCUT2D eigenvalue weighted by Crippen LogP contribution is -2.37. The zero-order valence-electron chi connectivity index (χ0n) is 16.4. The summed E-state index contributed by atoms with van der Waals surface area (Å²) in [5, 5.41) is 2.92. The zero-order chi connectivity index (χ0) is 19.1. The SMILES string of the molecule is CC(=O)N(CCC1=CCCCC1)CC(=O)Nc1ccc(N2CCCC2)cc1. The van der Waals surface area contributed by atoms with Gasteiger partial charge in [0.25, 0.3) is 0 Å². The van der Waals surface area contributed by atoms with Gasteiger partial charge in [0, 0.05) is 37.9 Å². The smallest absolute Gasteiger partial charge is 0.243 e. The predicted molar refractivity (Wildman–Crippen MR) is 110 cm³/mol. The Labute approximate surface area is 162 Å². The van der Waals surface area contributed by atoms with Crippen LogP contribution in [0.3, 0.4) is 0 Å². The van der Waals surface area contributed by atoms with Gasteiger partial charge in [0.05, 0.1) is 6.54 Å². The van der Waals surface area contributed by atoms with Crippen LogP contribution in [0.25, 0.3) is 0 Å². The molecule has 1 aliphatic heterocycles. The van der Waals surface area contributed by atoms with Gasteiger partial charge in [-0.15, -0.1) is 0 Å². The maximum absolute atomic E-state index is 12.4. The van der Waals surface area contributed by atoms with Crippen LogP contribution in [0.5, 0.6) is 0 Å². The Morgan fingerprint density at radius 1 is 1.07 bits per heavy atom. The Balaban J connectivity index is 1.49. The molecule has 0 radical (unpaired) electrons. The Morgan fingerprint density at radius 3 is 2.44 bits per heavy atom. The molecule has 0 bridgehead atoms. The van der Waals surface area contributed by atoms with Crippen molar-refractivity contribution in [2.45, 2.75) is 51.9 Å². The summed E-state index contributed by atoms with van der Waals surface area (Å²) >= 11 is 0. The number of nitrogens with one attached hydrogen (secondary N) is 1. The fourth-order valence-corrected chi connectivity index (χ4v) is 3.86. The number of rotatable bonds is 7. The van der Waals surface area contributed by atoms with Gasteiger partial charge in [-0.3, -0.25) is 9.59 Å². The molecule has 5 heteroatoms. The Morgan fingerprint density at radius 2 is 1.81 bits per heavy atom. The molecule has 1 aromatic rings. The molecule has 0 aromatic heterocycles. The summed E-state index contributed by atoms with van der Waals surface area (Å²) in [5.41, 5.74) is 3.41. The van der Waals surface area contributed by atoms with Crippen molar-refractivity contribution in [3.8, 4) is 0 Å². The number of allylic oxidation sites excluding steroid dienone is 1. The summed E-state index contributed by atoms with van der Waals surface area (Å²) in [6.07, 6.45) is 10.4. The van der Waals surface area contributed by atoms with Gasteiger partial charge < -0.3 is 15.1 Å². The quantitative estimate of drug-likeness (QED) is 0.740. The molecule has 1 N–H and O–H groups in total. The van der Waals surface area contributed by atoms with Gasteiger partial charge in [0.15, 0.2) is 0 Å². The van der Waals surface area contributed by atoms with Crippen LogP contribution < -0.4 is 10.2 Å². The molecule has 2 amide bonds. The Hall–Kier alpha value is -2.30. The third kappa shape index (κ3) is 5.84. The first-order valence-corrected chi connectivity index (χ1v) is 10.2. The normalized spacial score (nSPS) is 16.8. The van der Waals surface area contributed by atoms with Crippen molar-refractivity contribution < 1.29 is 9.59 Å². The molecule has 0 atom stereocenters. The van der Waals surface area contributed by atoms with E-state index < -0.39 is 0 Å². The van der Waals surface area contributed by atoms with Crippen LogP contribution in [0.1, 0.15) is 51.9 Å². The standard InChI is InChI=1S/C22H31N3O2/c1-18(26)25(16-13-19-7-3-2-4-8-19)17-22(27)23-20-9-11-21(12-10-20)24-14-5-6-15-24/h7,9-12H,2-6,8,13-17H2,1H3,(H,23,27). The molecular weight excluding hydrogens is 338 g/mol. The minimum atomic E-state index is -0.142. The lowest BCUT2D eigenvalue weighted by molar-refractivity contribution is -0.132. The minimum Gasteiger partial charge on any atom is -0.372 e. The molecule has 0 spiro atoms. The maximum Gasteiger partial charge on any atom is 0.243 e. The van der Waals surface area contributed by atoms with Gasteiger partial charge in [-0.05, 0) is 69.2 Å². The molecule has 27 heavy (non-hydrogen) atoms. The third-order valence-corrected chi connectivity index (χ3v) is 5.49. The number of anilines is 2. The van der Waals surface area contributed by atoms with Crippen molar-refractivity contribution in [3.63, 3.8) is 0 Å². The van der Waals surface area contributed by atoms with Crippen molar-refractivity contribution in [2.24, 2.45) is 0 Å². The highest BCUT2D eigenvalue weighted by molar-refractivity contribution is 5.94. The highest BCUT2D eigenvalue weighted by Crippen LogP contribution is 2.22. The summed E-state index contributed by atoms with van der Waals surface area (Å²) in [6.45, 7) is 4.47. The van der Waals surface area contributed by atoms with E-state index in [1.807, 2.05) is 12.1 Å². The lowest BCUT2D eigenvalue weighted by Gasteiger charge is -2.22. The lowest BCUT2D eigenvalue weighted by atomic mass is 9.97. The van der Waals surface area contributed by atoms with Gasteiger partial charge in [-0.1, -0.05) is 11.6 Å². The van der Waals surface area contributed by atoms with Gasteiger partial charge in [0.1, 0.15) is 0 Å². The maximum atomic E-state index is 12.4. The molecule has 1 fully saturated rings. The van der Waals surface area contributed by atoms with Crippen molar-refractivity contribution in [2.75, 3.05) is 36.4 Å². The first-order valence-electron chi connectivity index (χ1n) is 10.2. The summed E-state index contributed by atoms with van der Waals surface area (Å²) in [7, 11) is 0. The molecule has 1 aromatic carbocycles. The van der Waals surface area contributed by atoms with Crippen LogP contribution in [0.2, 0.25) is 0 Å². The Bertz CT molecular complexity index is 675. The van der Waals surface area contributed by atoms with Gasteiger partial charge in [-0.2, -0.15) is 0 Å². The number of hydrogen-bond donors (Lipinski definition) is 1. The highest BCUT2D eigenvalue weighted by atomic mass is 16.2. The second kappa shape index (κ2) is 9.58. The van der Waals surface area contributed by atoms with Crippen molar-refractivity contribution in [1.82, 2.24) is 4.90 Å². The van der Waals surface area contributed by atoms with E-state index in [0.717, 1.165) is 38.0 Å². The van der Waals surface area contributed by atoms with E-state index >= 15 is 0 Å². The number of amides is 2. The largest absolute Gasteiger partial charge is 0.372 e. The van der Waals surface area contributed by atoms with Crippen molar-refractivity contribution >= 4 is 23.2 Å². The van der Waals surface area contributed by atoms with E-state index in [4.69, 9.17) is 0 Å². The number of hydrogen-bond acceptors (Lipinski definition) is 3. The number of carbonyl (C=O) groups excluding carboxylic acids is 2. The van der Waals surface area contributed by atoms with Gasteiger partial charge >= 0.3 is 0 Å². The summed E-state index contributed by atoms with van der Waals surface area (Å²) < 4.78 is 0. The van der Waals surface area contributed by atoms with E-state index in [0.29, 0.717) is 6.54 Å². The van der Waals surface area contributed by atoms with E-state index in [-0.39, 0.29) is 18.4 Å². The third-order valence-electron chi connectivity index (χ3n) is 5.49. The number of carbonyl (C=O) groups is 2. The molecule has 2 aliphatic rings. The predicted octanol–water partition coefficient (Wildman–Crippen LogP) is 3.96. The Kier molecular flexibility index (Phi) is 6.91. The highest BCUT2D eigenvalue weighted by Gasteiger charge is 2.16. The first kappa shape index (κ1) is 19.5. The van der Waals surface area contributed by atoms with Crippen molar-refractivity contribution in [3.05, 3.63) is 35.9 Å². The average Bonchev–Trinajstić information content (AvgIpc) is 3.21. The molecule has 146 valence electrons. The summed E-state index contributed by atoms with van der Waals surface area (Å²) in [6, 6.07) is 7.99. The number of nitrogens with zero attached hydrogens (tertiary/aromatic N) is 2. The fraction of sp³-hybridized carbons (Fsp3) is 0.545. The topological polar surface area (TPSA) is 52.7 Å².